The minimum absolute atomic E-state index is 0.689. The molecule has 1 atom stereocenters. The second-order valence-corrected chi connectivity index (χ2v) is 5.89. The topological polar surface area (TPSA) is 12.0 Å². The predicted molar refractivity (Wildman–Crippen MR) is 69.8 cm³/mol. The standard InChI is InChI=1S/C13H23NS/c1-10(2)8-14-6-5-11(3)13-7-12(4)15-9-13/h7,9-11,14H,5-6,8H2,1-4H3. The van der Waals surface area contributed by atoms with Crippen molar-refractivity contribution in [2.45, 2.75) is 40.0 Å². The lowest BCUT2D eigenvalue weighted by atomic mass is 10.0. The van der Waals surface area contributed by atoms with Crippen molar-refractivity contribution >= 4 is 11.3 Å². The maximum absolute atomic E-state index is 3.50. The Hall–Kier alpha value is -0.340. The highest BCUT2D eigenvalue weighted by molar-refractivity contribution is 7.10. The van der Waals surface area contributed by atoms with E-state index in [4.69, 9.17) is 0 Å². The summed E-state index contributed by atoms with van der Waals surface area (Å²) in [7, 11) is 0. The summed E-state index contributed by atoms with van der Waals surface area (Å²) in [6, 6.07) is 2.32. The van der Waals surface area contributed by atoms with E-state index in [1.807, 2.05) is 11.3 Å². The monoisotopic (exact) mass is 225 g/mol. The van der Waals surface area contributed by atoms with E-state index in [9.17, 15) is 0 Å². The molecule has 0 aliphatic carbocycles. The van der Waals surface area contributed by atoms with Gasteiger partial charge in [-0.3, -0.25) is 0 Å². The summed E-state index contributed by atoms with van der Waals surface area (Å²) in [6.45, 7) is 11.3. The van der Waals surface area contributed by atoms with Gasteiger partial charge < -0.3 is 5.32 Å². The van der Waals surface area contributed by atoms with Crippen LogP contribution in [-0.4, -0.2) is 13.1 Å². The van der Waals surface area contributed by atoms with Crippen LogP contribution in [0.1, 0.15) is 43.6 Å². The van der Waals surface area contributed by atoms with E-state index in [1.165, 1.54) is 16.9 Å². The van der Waals surface area contributed by atoms with Crippen LogP contribution in [0.3, 0.4) is 0 Å². The van der Waals surface area contributed by atoms with Crippen molar-refractivity contribution in [2.24, 2.45) is 5.92 Å². The van der Waals surface area contributed by atoms with Gasteiger partial charge in [0, 0.05) is 4.88 Å². The van der Waals surface area contributed by atoms with Crippen LogP contribution in [0.4, 0.5) is 0 Å². The number of thiophene rings is 1. The zero-order chi connectivity index (χ0) is 11.3. The van der Waals surface area contributed by atoms with Crippen molar-refractivity contribution in [1.82, 2.24) is 5.32 Å². The van der Waals surface area contributed by atoms with Crippen LogP contribution in [0.5, 0.6) is 0 Å². The predicted octanol–water partition coefficient (Wildman–Crippen LogP) is 3.80. The minimum Gasteiger partial charge on any atom is -0.316 e. The zero-order valence-corrected chi connectivity index (χ0v) is 11.2. The third kappa shape index (κ3) is 4.80. The summed E-state index contributed by atoms with van der Waals surface area (Å²) in [5, 5.41) is 5.79. The van der Waals surface area contributed by atoms with E-state index in [0.29, 0.717) is 5.92 Å². The second kappa shape index (κ2) is 6.29. The molecular weight excluding hydrogens is 202 g/mol. The van der Waals surface area contributed by atoms with Crippen LogP contribution < -0.4 is 5.32 Å². The Kier molecular flexibility index (Phi) is 5.34. The van der Waals surface area contributed by atoms with Gasteiger partial charge >= 0.3 is 0 Å². The van der Waals surface area contributed by atoms with Crippen molar-refractivity contribution in [2.75, 3.05) is 13.1 Å². The molecule has 1 aromatic heterocycles. The molecule has 86 valence electrons. The maximum atomic E-state index is 3.50. The number of hydrogen-bond donors (Lipinski definition) is 1. The first-order valence-corrected chi connectivity index (χ1v) is 6.73. The van der Waals surface area contributed by atoms with Crippen molar-refractivity contribution in [3.8, 4) is 0 Å². The van der Waals surface area contributed by atoms with E-state index in [-0.39, 0.29) is 0 Å². The second-order valence-electron chi connectivity index (χ2n) is 4.78. The molecule has 0 amide bonds. The van der Waals surface area contributed by atoms with Gasteiger partial charge in [0.25, 0.3) is 0 Å². The Morgan fingerprint density at radius 3 is 2.60 bits per heavy atom. The van der Waals surface area contributed by atoms with Crippen molar-refractivity contribution in [1.29, 1.82) is 0 Å². The molecule has 0 bridgehead atoms. The minimum atomic E-state index is 0.689. The molecule has 1 aromatic rings. The van der Waals surface area contributed by atoms with Crippen LogP contribution >= 0.6 is 11.3 Å². The molecule has 1 heterocycles. The molecule has 0 spiro atoms. The van der Waals surface area contributed by atoms with Gasteiger partial charge in [-0.1, -0.05) is 20.8 Å². The third-order valence-corrected chi connectivity index (χ3v) is 3.51. The van der Waals surface area contributed by atoms with Crippen LogP contribution in [0.15, 0.2) is 11.4 Å². The summed E-state index contributed by atoms with van der Waals surface area (Å²) < 4.78 is 0. The van der Waals surface area contributed by atoms with Gasteiger partial charge in [0.2, 0.25) is 0 Å². The fraction of sp³-hybridized carbons (Fsp3) is 0.692. The average Bonchev–Trinajstić information content (AvgIpc) is 2.59. The molecule has 0 aliphatic rings. The molecule has 0 aromatic carbocycles. The van der Waals surface area contributed by atoms with E-state index >= 15 is 0 Å². The first kappa shape index (κ1) is 12.7. The van der Waals surface area contributed by atoms with Gasteiger partial charge in [-0.15, -0.1) is 11.3 Å². The number of aryl methyl sites for hydroxylation is 1. The molecule has 2 heteroatoms. The summed E-state index contributed by atoms with van der Waals surface area (Å²) in [6.07, 6.45) is 1.24. The summed E-state index contributed by atoms with van der Waals surface area (Å²) in [5.74, 6) is 1.44. The fourth-order valence-corrected chi connectivity index (χ4v) is 2.42. The SMILES string of the molecule is Cc1cc(C(C)CCNCC(C)C)cs1. The van der Waals surface area contributed by atoms with Gasteiger partial charge in [0.05, 0.1) is 0 Å². The molecule has 1 N–H and O–H groups in total. The molecule has 1 rings (SSSR count). The van der Waals surface area contributed by atoms with Crippen molar-refractivity contribution in [3.63, 3.8) is 0 Å². The smallest absolute Gasteiger partial charge is 0.00171 e. The molecular formula is C13H23NS. The first-order chi connectivity index (χ1) is 7.09. The van der Waals surface area contributed by atoms with E-state index in [0.717, 1.165) is 19.0 Å². The molecule has 1 unspecified atom stereocenters. The molecule has 0 saturated heterocycles. The van der Waals surface area contributed by atoms with Crippen LogP contribution in [-0.2, 0) is 0 Å². The highest BCUT2D eigenvalue weighted by Crippen LogP contribution is 2.23. The molecule has 1 nitrogen and oxygen atoms in total. The number of hydrogen-bond acceptors (Lipinski definition) is 2. The molecule has 0 aliphatic heterocycles. The van der Waals surface area contributed by atoms with Gasteiger partial charge in [0.15, 0.2) is 0 Å². The molecule has 0 radical (unpaired) electrons. The first-order valence-electron chi connectivity index (χ1n) is 5.85. The zero-order valence-electron chi connectivity index (χ0n) is 10.3. The maximum Gasteiger partial charge on any atom is 0.00171 e. The lowest BCUT2D eigenvalue weighted by molar-refractivity contribution is 0.525. The fourth-order valence-electron chi connectivity index (χ4n) is 1.60. The average molecular weight is 225 g/mol. The molecule has 0 fully saturated rings. The van der Waals surface area contributed by atoms with Crippen LogP contribution in [0, 0.1) is 12.8 Å². The van der Waals surface area contributed by atoms with Gasteiger partial charge in [-0.2, -0.15) is 0 Å². The van der Waals surface area contributed by atoms with E-state index in [2.05, 4.69) is 44.5 Å². The molecule has 15 heavy (non-hydrogen) atoms. The van der Waals surface area contributed by atoms with Crippen molar-refractivity contribution in [3.05, 3.63) is 21.9 Å². The summed E-state index contributed by atoms with van der Waals surface area (Å²) in [5.41, 5.74) is 1.50. The highest BCUT2D eigenvalue weighted by Gasteiger charge is 2.06. The lowest BCUT2D eigenvalue weighted by Gasteiger charge is -2.11. The van der Waals surface area contributed by atoms with Gasteiger partial charge in [-0.25, -0.2) is 0 Å². The lowest BCUT2D eigenvalue weighted by Crippen LogP contribution is -2.21. The summed E-state index contributed by atoms with van der Waals surface area (Å²) >= 11 is 1.86. The summed E-state index contributed by atoms with van der Waals surface area (Å²) in [4.78, 5) is 1.42. The van der Waals surface area contributed by atoms with Crippen molar-refractivity contribution < 1.29 is 0 Å². The van der Waals surface area contributed by atoms with Gasteiger partial charge in [0.1, 0.15) is 0 Å². The normalized spacial score (nSPS) is 13.4. The number of nitrogens with one attached hydrogen (secondary N) is 1. The third-order valence-electron chi connectivity index (χ3n) is 2.63. The van der Waals surface area contributed by atoms with E-state index in [1.54, 1.807) is 0 Å². The van der Waals surface area contributed by atoms with E-state index < -0.39 is 0 Å². The Labute approximate surface area is 97.9 Å². The quantitative estimate of drug-likeness (QED) is 0.726. The Balaban J connectivity index is 2.21. The van der Waals surface area contributed by atoms with Crippen LogP contribution in [0.25, 0.3) is 0 Å². The molecule has 0 saturated carbocycles. The Morgan fingerprint density at radius 2 is 2.07 bits per heavy atom. The largest absolute Gasteiger partial charge is 0.316 e. The highest BCUT2D eigenvalue weighted by atomic mass is 32.1. The Bertz CT molecular complexity index is 278. The number of rotatable bonds is 6. The Morgan fingerprint density at radius 1 is 1.33 bits per heavy atom. The van der Waals surface area contributed by atoms with Gasteiger partial charge in [-0.05, 0) is 55.3 Å². The van der Waals surface area contributed by atoms with Crippen LogP contribution in [0.2, 0.25) is 0 Å².